The Hall–Kier alpha value is -6.96. The lowest BCUT2D eigenvalue weighted by Crippen LogP contribution is -2.00. The zero-order valence-electron chi connectivity index (χ0n) is 28.0. The van der Waals surface area contributed by atoms with Crippen LogP contribution in [0.1, 0.15) is 0 Å². The third-order valence-corrected chi connectivity index (χ3v) is 11.0. The fraction of sp³-hybridized carbons (Fsp3) is 0. The van der Waals surface area contributed by atoms with E-state index in [0.717, 1.165) is 60.9 Å². The highest BCUT2D eigenvalue weighted by molar-refractivity contribution is 7.26. The van der Waals surface area contributed by atoms with Crippen LogP contribution in [0, 0.1) is 0 Å². The molecule has 11 aromatic rings. The molecule has 0 saturated carbocycles. The summed E-state index contributed by atoms with van der Waals surface area (Å²) in [6.07, 6.45) is 0. The molecule has 0 N–H and O–H groups in total. The van der Waals surface area contributed by atoms with Crippen LogP contribution in [-0.2, 0) is 0 Å². The fourth-order valence-electron chi connectivity index (χ4n) is 7.33. The molecule has 0 aliphatic carbocycles. The summed E-state index contributed by atoms with van der Waals surface area (Å²) in [7, 11) is 0. The van der Waals surface area contributed by atoms with Gasteiger partial charge < -0.3 is 8.83 Å². The van der Waals surface area contributed by atoms with Gasteiger partial charge in [0.1, 0.15) is 16.7 Å². The normalized spacial score (nSPS) is 11.8. The highest BCUT2D eigenvalue weighted by Gasteiger charge is 2.22. The van der Waals surface area contributed by atoms with Crippen LogP contribution in [0.2, 0.25) is 0 Å². The van der Waals surface area contributed by atoms with Gasteiger partial charge in [0.05, 0.1) is 0 Å². The van der Waals surface area contributed by atoms with Gasteiger partial charge in [-0.1, -0.05) is 121 Å². The molecule has 0 fully saturated rings. The zero-order chi connectivity index (χ0) is 34.9. The monoisotopic (exact) mass is 698 g/mol. The Labute approximate surface area is 306 Å². The molecular weight excluding hydrogens is 673 g/mol. The second-order valence-electron chi connectivity index (χ2n) is 13.0. The summed E-state index contributed by atoms with van der Waals surface area (Å²) < 4.78 is 15.3. The molecule has 248 valence electrons. The Kier molecular flexibility index (Phi) is 6.62. The minimum Gasteiger partial charge on any atom is -0.456 e. The van der Waals surface area contributed by atoms with E-state index >= 15 is 0 Å². The molecule has 0 spiro atoms. The minimum absolute atomic E-state index is 0.530. The molecule has 4 heterocycles. The van der Waals surface area contributed by atoms with Gasteiger partial charge >= 0.3 is 0 Å². The van der Waals surface area contributed by atoms with E-state index in [2.05, 4.69) is 66.7 Å². The van der Waals surface area contributed by atoms with Gasteiger partial charge in [-0.25, -0.2) is 19.9 Å². The minimum atomic E-state index is 0.530. The summed E-state index contributed by atoms with van der Waals surface area (Å²) in [5.41, 5.74) is 8.82. The van der Waals surface area contributed by atoms with Gasteiger partial charge in [0.2, 0.25) is 5.89 Å². The van der Waals surface area contributed by atoms with Gasteiger partial charge in [-0.3, -0.25) is 0 Å². The van der Waals surface area contributed by atoms with Crippen molar-refractivity contribution in [3.8, 4) is 56.7 Å². The van der Waals surface area contributed by atoms with Crippen LogP contribution in [0.15, 0.2) is 167 Å². The topological polar surface area (TPSA) is 77.8 Å². The van der Waals surface area contributed by atoms with Crippen LogP contribution in [0.3, 0.4) is 0 Å². The number of para-hydroxylation sites is 2. The number of furan rings is 1. The molecule has 0 amide bonds. The number of oxazole rings is 1. The van der Waals surface area contributed by atoms with E-state index in [0.29, 0.717) is 23.4 Å². The standard InChI is InChI=1S/C46H26N4O2S/c1-2-11-28(12-3-1)43-48-44(29-25-23-27(24-26-29)30-14-8-15-32-31-13-4-7-22-39(31)53-42(30)32)50-45(49-43)33-16-9-20-37-40(33)41-34(17-10-21-38(41)51-37)46-47-35-18-5-6-19-36(35)52-46/h1-26H. The molecule has 0 radical (unpaired) electrons. The molecule has 0 saturated heterocycles. The maximum atomic E-state index is 6.45. The van der Waals surface area contributed by atoms with Crippen LogP contribution >= 0.6 is 11.3 Å². The summed E-state index contributed by atoms with van der Waals surface area (Å²) in [6, 6.07) is 53.5. The maximum absolute atomic E-state index is 6.45. The molecule has 0 aliphatic heterocycles. The number of nitrogens with zero attached hydrogens (tertiary/aromatic N) is 4. The second kappa shape index (κ2) is 11.8. The summed E-state index contributed by atoms with van der Waals surface area (Å²) in [6.45, 7) is 0. The van der Waals surface area contributed by atoms with E-state index in [9.17, 15) is 0 Å². The van der Waals surface area contributed by atoms with Gasteiger partial charge in [0, 0.05) is 53.2 Å². The summed E-state index contributed by atoms with van der Waals surface area (Å²) in [4.78, 5) is 20.1. The van der Waals surface area contributed by atoms with Crippen LogP contribution in [-0.4, -0.2) is 19.9 Å². The van der Waals surface area contributed by atoms with Crippen molar-refractivity contribution in [2.75, 3.05) is 0 Å². The first-order valence-electron chi connectivity index (χ1n) is 17.4. The van der Waals surface area contributed by atoms with Crippen molar-refractivity contribution in [1.29, 1.82) is 0 Å². The molecule has 7 aromatic carbocycles. The Bertz CT molecular complexity index is 3150. The molecule has 0 atom stereocenters. The second-order valence-corrected chi connectivity index (χ2v) is 14.0. The molecule has 11 rings (SSSR count). The van der Waals surface area contributed by atoms with Crippen LogP contribution < -0.4 is 0 Å². The lowest BCUT2D eigenvalue weighted by atomic mass is 10.0. The number of aromatic nitrogens is 4. The quantitative estimate of drug-likeness (QED) is 0.178. The van der Waals surface area contributed by atoms with E-state index in [1.54, 1.807) is 0 Å². The van der Waals surface area contributed by atoms with Crippen molar-refractivity contribution in [2.45, 2.75) is 0 Å². The SMILES string of the molecule is c1ccc(-c2nc(-c3ccc(-c4cccc5c4sc4ccccc45)cc3)nc(-c3cccc4oc5cccc(-c6nc7ccccc7o6)c5c34)n2)cc1. The largest absolute Gasteiger partial charge is 0.456 e. The number of rotatable bonds is 5. The van der Waals surface area contributed by atoms with Crippen molar-refractivity contribution < 1.29 is 8.83 Å². The lowest BCUT2D eigenvalue weighted by Gasteiger charge is -2.10. The lowest BCUT2D eigenvalue weighted by molar-refractivity contribution is 0.620. The third kappa shape index (κ3) is 4.86. The van der Waals surface area contributed by atoms with E-state index < -0.39 is 0 Å². The van der Waals surface area contributed by atoms with Gasteiger partial charge in [-0.15, -0.1) is 11.3 Å². The number of hydrogen-bond acceptors (Lipinski definition) is 7. The molecule has 7 heteroatoms. The Morgan fingerprint density at radius 3 is 1.77 bits per heavy atom. The van der Waals surface area contributed by atoms with Crippen LogP contribution in [0.4, 0.5) is 0 Å². The first-order chi connectivity index (χ1) is 26.2. The number of thiophene rings is 1. The number of benzene rings is 7. The van der Waals surface area contributed by atoms with Gasteiger partial charge in [0.15, 0.2) is 23.1 Å². The number of hydrogen-bond donors (Lipinski definition) is 0. The molecule has 53 heavy (non-hydrogen) atoms. The van der Waals surface area contributed by atoms with Gasteiger partial charge in [-0.05, 0) is 47.5 Å². The van der Waals surface area contributed by atoms with Gasteiger partial charge in [-0.2, -0.15) is 0 Å². The van der Waals surface area contributed by atoms with Crippen molar-refractivity contribution >= 4 is 64.5 Å². The van der Waals surface area contributed by atoms with Gasteiger partial charge in [0.25, 0.3) is 0 Å². The molecule has 0 aliphatic rings. The zero-order valence-corrected chi connectivity index (χ0v) is 28.8. The Balaban J connectivity index is 1.09. The summed E-state index contributed by atoms with van der Waals surface area (Å²) in [5, 5.41) is 4.36. The Morgan fingerprint density at radius 2 is 0.962 bits per heavy atom. The third-order valence-electron chi connectivity index (χ3n) is 9.81. The first-order valence-corrected chi connectivity index (χ1v) is 18.2. The van der Waals surface area contributed by atoms with Crippen LogP contribution in [0.25, 0.3) is 110 Å². The maximum Gasteiger partial charge on any atom is 0.228 e. The van der Waals surface area contributed by atoms with Crippen molar-refractivity contribution in [3.05, 3.63) is 158 Å². The molecule has 6 nitrogen and oxygen atoms in total. The van der Waals surface area contributed by atoms with E-state index in [1.165, 1.54) is 25.7 Å². The molecule has 4 aromatic heterocycles. The van der Waals surface area contributed by atoms with E-state index in [1.807, 2.05) is 102 Å². The first kappa shape index (κ1) is 29.7. The Morgan fingerprint density at radius 1 is 0.377 bits per heavy atom. The summed E-state index contributed by atoms with van der Waals surface area (Å²) in [5.74, 6) is 2.26. The van der Waals surface area contributed by atoms with Crippen LogP contribution in [0.5, 0.6) is 0 Å². The van der Waals surface area contributed by atoms with E-state index in [-0.39, 0.29) is 0 Å². The summed E-state index contributed by atoms with van der Waals surface area (Å²) >= 11 is 1.84. The molecular formula is C46H26N4O2S. The average Bonchev–Trinajstić information content (AvgIpc) is 3.94. The van der Waals surface area contributed by atoms with Crippen molar-refractivity contribution in [2.24, 2.45) is 0 Å². The molecule has 0 unspecified atom stereocenters. The van der Waals surface area contributed by atoms with Crippen molar-refractivity contribution in [3.63, 3.8) is 0 Å². The molecule has 0 bridgehead atoms. The predicted octanol–water partition coefficient (Wildman–Crippen LogP) is 12.6. The average molecular weight is 699 g/mol. The van der Waals surface area contributed by atoms with Crippen molar-refractivity contribution in [1.82, 2.24) is 19.9 Å². The fourth-order valence-corrected chi connectivity index (χ4v) is 8.57. The highest BCUT2D eigenvalue weighted by atomic mass is 32.1. The smallest absolute Gasteiger partial charge is 0.228 e. The highest BCUT2D eigenvalue weighted by Crippen LogP contribution is 2.43. The number of fused-ring (bicyclic) bond motifs is 7. The van der Waals surface area contributed by atoms with E-state index in [4.69, 9.17) is 28.8 Å². The predicted molar refractivity (Wildman–Crippen MR) is 215 cm³/mol.